The van der Waals surface area contributed by atoms with Crippen molar-refractivity contribution in [3.8, 4) is 5.75 Å². The summed E-state index contributed by atoms with van der Waals surface area (Å²) >= 11 is 0. The molecule has 0 fully saturated rings. The minimum absolute atomic E-state index is 0.143. The fraction of sp³-hybridized carbons (Fsp3) is 0.500. The van der Waals surface area contributed by atoms with E-state index < -0.39 is 29.2 Å². The highest BCUT2D eigenvalue weighted by Crippen LogP contribution is 2.45. The summed E-state index contributed by atoms with van der Waals surface area (Å²) < 4.78 is 57.5. The van der Waals surface area contributed by atoms with Gasteiger partial charge >= 0.3 is 6.18 Å². The molecule has 0 aliphatic rings. The number of ether oxygens (including phenoxy) is 1. The predicted molar refractivity (Wildman–Crippen MR) is 61.2 cm³/mol. The van der Waals surface area contributed by atoms with E-state index in [4.69, 9.17) is 10.5 Å². The summed E-state index contributed by atoms with van der Waals surface area (Å²) in [4.78, 5) is 0. The molecule has 0 radical (unpaired) electrons. The highest BCUT2D eigenvalue weighted by Gasteiger charge is 2.59. The highest BCUT2D eigenvalue weighted by molar-refractivity contribution is 5.40. The third-order valence-corrected chi connectivity index (χ3v) is 2.98. The predicted octanol–water partition coefficient (Wildman–Crippen LogP) is 2.32. The van der Waals surface area contributed by atoms with Crippen molar-refractivity contribution in [2.24, 2.45) is 5.73 Å². The minimum Gasteiger partial charge on any atom is -0.496 e. The largest absolute Gasteiger partial charge is 0.496 e. The molecule has 0 amide bonds. The van der Waals surface area contributed by atoms with Crippen molar-refractivity contribution in [1.29, 1.82) is 0 Å². The number of halogens is 4. The molecule has 1 aromatic carbocycles. The molecule has 1 rings (SSSR count). The Bertz CT molecular complexity index is 450. The van der Waals surface area contributed by atoms with Crippen LogP contribution in [0.1, 0.15) is 18.9 Å². The number of nitrogens with two attached hydrogens (primary N) is 1. The molecule has 0 aromatic heterocycles. The van der Waals surface area contributed by atoms with Crippen LogP contribution in [0.4, 0.5) is 17.6 Å². The Kier molecular flexibility index (Phi) is 4.42. The van der Waals surface area contributed by atoms with Gasteiger partial charge in [0.05, 0.1) is 7.11 Å². The maximum absolute atomic E-state index is 13.2. The quantitative estimate of drug-likeness (QED) is 0.833. The second kappa shape index (κ2) is 5.34. The number of rotatable bonds is 4. The number of methoxy groups -OCH3 is 1. The SMILES string of the molecule is CCC(N)C(O)(c1cc(F)ccc1OC)C(F)(F)F. The summed E-state index contributed by atoms with van der Waals surface area (Å²) in [5, 5.41) is 10.0. The Morgan fingerprint density at radius 1 is 1.37 bits per heavy atom. The summed E-state index contributed by atoms with van der Waals surface area (Å²) in [6.45, 7) is 1.40. The molecule has 0 bridgehead atoms. The lowest BCUT2D eigenvalue weighted by Gasteiger charge is -2.36. The third kappa shape index (κ3) is 2.66. The van der Waals surface area contributed by atoms with Gasteiger partial charge in [0.2, 0.25) is 5.60 Å². The van der Waals surface area contributed by atoms with E-state index in [0.717, 1.165) is 19.2 Å². The van der Waals surface area contributed by atoms with Crippen molar-refractivity contribution in [3.05, 3.63) is 29.6 Å². The van der Waals surface area contributed by atoms with Gasteiger partial charge in [0.15, 0.2) is 0 Å². The van der Waals surface area contributed by atoms with Crippen molar-refractivity contribution < 1.29 is 27.4 Å². The molecule has 1 aromatic rings. The van der Waals surface area contributed by atoms with Gasteiger partial charge in [0.25, 0.3) is 0 Å². The molecule has 2 unspecified atom stereocenters. The van der Waals surface area contributed by atoms with Gasteiger partial charge in [-0.15, -0.1) is 0 Å². The van der Waals surface area contributed by atoms with Crippen LogP contribution in [0.15, 0.2) is 18.2 Å². The zero-order valence-corrected chi connectivity index (χ0v) is 10.5. The summed E-state index contributed by atoms with van der Waals surface area (Å²) in [6, 6.07) is 0.908. The maximum atomic E-state index is 13.2. The minimum atomic E-state index is -5.05. The zero-order chi connectivity index (χ0) is 14.8. The molecule has 3 nitrogen and oxygen atoms in total. The average Bonchev–Trinajstić information content (AvgIpc) is 2.35. The Labute approximate surface area is 108 Å². The van der Waals surface area contributed by atoms with Crippen LogP contribution in [0, 0.1) is 5.82 Å². The molecule has 108 valence electrons. The molecule has 3 N–H and O–H groups in total. The lowest BCUT2D eigenvalue weighted by Crippen LogP contribution is -2.55. The van der Waals surface area contributed by atoms with Crippen molar-refractivity contribution in [2.75, 3.05) is 7.11 Å². The molecule has 0 saturated carbocycles. The van der Waals surface area contributed by atoms with Crippen LogP contribution in [0.3, 0.4) is 0 Å². The van der Waals surface area contributed by atoms with Gasteiger partial charge < -0.3 is 15.6 Å². The first-order valence-electron chi connectivity index (χ1n) is 5.57. The fourth-order valence-electron chi connectivity index (χ4n) is 1.84. The Balaban J connectivity index is 3.54. The van der Waals surface area contributed by atoms with Gasteiger partial charge in [0, 0.05) is 11.6 Å². The summed E-state index contributed by atoms with van der Waals surface area (Å²) in [6.07, 6.45) is -5.20. The van der Waals surface area contributed by atoms with E-state index in [1.54, 1.807) is 0 Å². The third-order valence-electron chi connectivity index (χ3n) is 2.98. The van der Waals surface area contributed by atoms with Gasteiger partial charge in [0.1, 0.15) is 11.6 Å². The van der Waals surface area contributed by atoms with Crippen molar-refractivity contribution in [1.82, 2.24) is 0 Å². The van der Waals surface area contributed by atoms with Crippen LogP contribution in [0.25, 0.3) is 0 Å². The van der Waals surface area contributed by atoms with E-state index in [9.17, 15) is 22.7 Å². The molecule has 0 aliphatic carbocycles. The normalized spacial score (nSPS) is 16.8. The first-order chi connectivity index (χ1) is 8.68. The number of aliphatic hydroxyl groups is 1. The van der Waals surface area contributed by atoms with Gasteiger partial charge in [-0.3, -0.25) is 0 Å². The molecular weight excluding hydrogens is 266 g/mol. The Morgan fingerprint density at radius 2 is 1.95 bits per heavy atom. The Hall–Kier alpha value is -1.34. The summed E-state index contributed by atoms with van der Waals surface area (Å²) in [7, 11) is 1.13. The van der Waals surface area contributed by atoms with Gasteiger partial charge in [-0.05, 0) is 24.6 Å². The molecule has 7 heteroatoms. The topological polar surface area (TPSA) is 55.5 Å². The molecule has 2 atom stereocenters. The van der Waals surface area contributed by atoms with Crippen molar-refractivity contribution in [2.45, 2.75) is 31.2 Å². The average molecular weight is 281 g/mol. The summed E-state index contributed by atoms with van der Waals surface area (Å²) in [5.41, 5.74) is 1.30. The van der Waals surface area contributed by atoms with Gasteiger partial charge in [-0.2, -0.15) is 13.2 Å². The van der Waals surface area contributed by atoms with Crippen LogP contribution in [-0.4, -0.2) is 24.4 Å². The lowest BCUT2D eigenvalue weighted by molar-refractivity contribution is -0.275. The van der Waals surface area contributed by atoms with E-state index in [-0.39, 0.29) is 12.2 Å². The van der Waals surface area contributed by atoms with Crippen LogP contribution >= 0.6 is 0 Å². The second-order valence-corrected chi connectivity index (χ2v) is 4.12. The maximum Gasteiger partial charge on any atom is 0.423 e. The number of hydrogen-bond acceptors (Lipinski definition) is 3. The molecule has 19 heavy (non-hydrogen) atoms. The summed E-state index contributed by atoms with van der Waals surface area (Å²) in [5.74, 6) is -1.19. The molecule has 0 aliphatic heterocycles. The van der Waals surface area contributed by atoms with E-state index in [1.807, 2.05) is 0 Å². The van der Waals surface area contributed by atoms with Crippen LogP contribution < -0.4 is 10.5 Å². The first kappa shape index (κ1) is 15.7. The van der Waals surface area contributed by atoms with Crippen LogP contribution in [-0.2, 0) is 5.60 Å². The number of benzene rings is 1. The van der Waals surface area contributed by atoms with Gasteiger partial charge in [-0.1, -0.05) is 6.92 Å². The van der Waals surface area contributed by atoms with Gasteiger partial charge in [-0.25, -0.2) is 4.39 Å². The number of alkyl halides is 3. The van der Waals surface area contributed by atoms with Crippen LogP contribution in [0.5, 0.6) is 5.75 Å². The lowest BCUT2D eigenvalue weighted by atomic mass is 9.84. The molecule has 0 saturated heterocycles. The van der Waals surface area contributed by atoms with E-state index >= 15 is 0 Å². The van der Waals surface area contributed by atoms with Crippen LogP contribution in [0.2, 0.25) is 0 Å². The zero-order valence-electron chi connectivity index (χ0n) is 10.5. The van der Waals surface area contributed by atoms with Crippen molar-refractivity contribution >= 4 is 0 Å². The molecule has 0 spiro atoms. The second-order valence-electron chi connectivity index (χ2n) is 4.12. The Morgan fingerprint density at radius 3 is 2.37 bits per heavy atom. The standard InChI is InChI=1S/C12H15F4NO2/c1-3-10(17)11(18,12(14,15)16)8-6-7(13)4-5-9(8)19-2/h4-6,10,18H,3,17H2,1-2H3. The van der Waals surface area contributed by atoms with E-state index in [1.165, 1.54) is 6.92 Å². The molecule has 0 heterocycles. The number of hydrogen-bond donors (Lipinski definition) is 2. The van der Waals surface area contributed by atoms with Crippen molar-refractivity contribution in [3.63, 3.8) is 0 Å². The van der Waals surface area contributed by atoms with E-state index in [2.05, 4.69) is 0 Å². The highest BCUT2D eigenvalue weighted by atomic mass is 19.4. The monoisotopic (exact) mass is 281 g/mol. The smallest absolute Gasteiger partial charge is 0.423 e. The van der Waals surface area contributed by atoms with E-state index in [0.29, 0.717) is 6.07 Å². The fourth-order valence-corrected chi connectivity index (χ4v) is 1.84. The molecular formula is C12H15F4NO2. The first-order valence-corrected chi connectivity index (χ1v) is 5.57.